The third kappa shape index (κ3) is 6.22. The summed E-state index contributed by atoms with van der Waals surface area (Å²) in [6, 6.07) is 8.19. The van der Waals surface area contributed by atoms with Crippen LogP contribution in [0.3, 0.4) is 0 Å². The van der Waals surface area contributed by atoms with E-state index in [9.17, 15) is 4.79 Å². The Kier molecular flexibility index (Phi) is 7.40. The first-order valence-electron chi connectivity index (χ1n) is 8.77. The second-order valence-electron chi connectivity index (χ2n) is 6.24. The molecule has 0 bridgehead atoms. The van der Waals surface area contributed by atoms with E-state index in [0.29, 0.717) is 6.61 Å². The maximum absolute atomic E-state index is 11.7. The van der Waals surface area contributed by atoms with Gasteiger partial charge in [0.2, 0.25) is 0 Å². The van der Waals surface area contributed by atoms with Crippen LogP contribution in [0.2, 0.25) is 0 Å². The fourth-order valence-corrected chi connectivity index (χ4v) is 2.91. The molecule has 0 aromatic heterocycles. The van der Waals surface area contributed by atoms with Crippen LogP contribution in [0.25, 0.3) is 0 Å². The van der Waals surface area contributed by atoms with Crippen molar-refractivity contribution < 1.29 is 14.3 Å². The summed E-state index contributed by atoms with van der Waals surface area (Å²) in [5, 5.41) is 0. The Labute approximate surface area is 139 Å². The summed E-state index contributed by atoms with van der Waals surface area (Å²) in [5.41, 5.74) is 1.25. The van der Waals surface area contributed by atoms with Gasteiger partial charge in [-0.2, -0.15) is 0 Å². The number of carbonyl (C=O) groups excluding carboxylic acids is 1. The lowest BCUT2D eigenvalue weighted by molar-refractivity contribution is -0.149. The molecule has 0 N–H and O–H groups in total. The highest BCUT2D eigenvalue weighted by Crippen LogP contribution is 2.19. The number of piperidine rings is 1. The van der Waals surface area contributed by atoms with Crippen molar-refractivity contribution in [1.29, 1.82) is 0 Å². The third-order valence-electron chi connectivity index (χ3n) is 4.37. The van der Waals surface area contributed by atoms with Gasteiger partial charge in [-0.05, 0) is 71.3 Å². The van der Waals surface area contributed by atoms with Crippen molar-refractivity contribution in [2.75, 3.05) is 32.8 Å². The average Bonchev–Trinajstić information content (AvgIpc) is 2.57. The fourth-order valence-electron chi connectivity index (χ4n) is 2.91. The van der Waals surface area contributed by atoms with Crippen LogP contribution in [0, 0.1) is 12.8 Å². The SMILES string of the molecule is CCOC(=O)C1CCN(CCCCOc2ccc(C)cc2)CC1. The summed E-state index contributed by atoms with van der Waals surface area (Å²) in [7, 11) is 0. The number of nitrogens with zero attached hydrogens (tertiary/aromatic N) is 1. The van der Waals surface area contributed by atoms with E-state index in [0.717, 1.165) is 57.7 Å². The number of likely N-dealkylation sites (tertiary alicyclic amines) is 1. The van der Waals surface area contributed by atoms with Crippen LogP contribution in [-0.2, 0) is 9.53 Å². The number of carbonyl (C=O) groups is 1. The number of ether oxygens (including phenoxy) is 2. The van der Waals surface area contributed by atoms with Gasteiger partial charge in [0.15, 0.2) is 0 Å². The highest BCUT2D eigenvalue weighted by Gasteiger charge is 2.25. The minimum Gasteiger partial charge on any atom is -0.494 e. The zero-order chi connectivity index (χ0) is 16.5. The molecule has 128 valence electrons. The molecule has 4 nitrogen and oxygen atoms in total. The summed E-state index contributed by atoms with van der Waals surface area (Å²) in [5.74, 6) is 1.04. The molecule has 0 aliphatic carbocycles. The summed E-state index contributed by atoms with van der Waals surface area (Å²) >= 11 is 0. The Morgan fingerprint density at radius 1 is 1.17 bits per heavy atom. The van der Waals surface area contributed by atoms with Gasteiger partial charge in [-0.15, -0.1) is 0 Å². The van der Waals surface area contributed by atoms with Crippen LogP contribution < -0.4 is 4.74 Å². The number of benzene rings is 1. The Bertz CT molecular complexity index is 464. The Balaban J connectivity index is 1.54. The van der Waals surface area contributed by atoms with Gasteiger partial charge in [-0.3, -0.25) is 4.79 Å². The van der Waals surface area contributed by atoms with Crippen molar-refractivity contribution in [2.45, 2.75) is 39.5 Å². The van der Waals surface area contributed by atoms with Crippen LogP contribution in [0.15, 0.2) is 24.3 Å². The molecule has 1 fully saturated rings. The molecule has 2 rings (SSSR count). The molecule has 0 amide bonds. The van der Waals surface area contributed by atoms with Crippen molar-refractivity contribution in [1.82, 2.24) is 4.90 Å². The largest absolute Gasteiger partial charge is 0.494 e. The van der Waals surface area contributed by atoms with Gasteiger partial charge < -0.3 is 14.4 Å². The average molecular weight is 319 g/mol. The van der Waals surface area contributed by atoms with Gasteiger partial charge in [0.05, 0.1) is 19.1 Å². The summed E-state index contributed by atoms with van der Waals surface area (Å²) in [4.78, 5) is 14.1. The minimum atomic E-state index is -0.0151. The van der Waals surface area contributed by atoms with Gasteiger partial charge in [-0.25, -0.2) is 0 Å². The summed E-state index contributed by atoms with van der Waals surface area (Å²) < 4.78 is 10.9. The van der Waals surface area contributed by atoms with Gasteiger partial charge in [0.25, 0.3) is 0 Å². The molecule has 0 spiro atoms. The maximum Gasteiger partial charge on any atom is 0.309 e. The van der Waals surface area contributed by atoms with Crippen molar-refractivity contribution in [2.24, 2.45) is 5.92 Å². The van der Waals surface area contributed by atoms with Crippen LogP contribution in [0.1, 0.15) is 38.2 Å². The van der Waals surface area contributed by atoms with E-state index in [4.69, 9.17) is 9.47 Å². The lowest BCUT2D eigenvalue weighted by Crippen LogP contribution is -2.37. The van der Waals surface area contributed by atoms with Crippen LogP contribution in [0.4, 0.5) is 0 Å². The van der Waals surface area contributed by atoms with E-state index < -0.39 is 0 Å². The quantitative estimate of drug-likeness (QED) is 0.543. The van der Waals surface area contributed by atoms with E-state index in [-0.39, 0.29) is 11.9 Å². The molecule has 0 saturated carbocycles. The highest BCUT2D eigenvalue weighted by molar-refractivity contribution is 5.72. The Morgan fingerprint density at radius 3 is 2.52 bits per heavy atom. The van der Waals surface area contributed by atoms with Crippen molar-refractivity contribution in [3.05, 3.63) is 29.8 Å². The Hall–Kier alpha value is -1.55. The number of unbranched alkanes of at least 4 members (excludes halogenated alkanes) is 1. The third-order valence-corrected chi connectivity index (χ3v) is 4.37. The van der Waals surface area contributed by atoms with Crippen LogP contribution in [-0.4, -0.2) is 43.7 Å². The monoisotopic (exact) mass is 319 g/mol. The number of rotatable bonds is 8. The van der Waals surface area contributed by atoms with Crippen molar-refractivity contribution in [3.63, 3.8) is 0 Å². The van der Waals surface area contributed by atoms with Gasteiger partial charge in [0.1, 0.15) is 5.75 Å². The molecule has 1 aliphatic heterocycles. The molecule has 1 aromatic rings. The van der Waals surface area contributed by atoms with Crippen molar-refractivity contribution in [3.8, 4) is 5.75 Å². The lowest BCUT2D eigenvalue weighted by atomic mass is 9.97. The second-order valence-corrected chi connectivity index (χ2v) is 6.24. The van der Waals surface area contributed by atoms with Gasteiger partial charge >= 0.3 is 5.97 Å². The minimum absolute atomic E-state index is 0.0151. The molecular formula is C19H29NO3. The van der Waals surface area contributed by atoms with E-state index in [1.165, 1.54) is 5.56 Å². The number of esters is 1. The standard InChI is InChI=1S/C19H29NO3/c1-3-22-19(21)17-10-13-20(14-11-17)12-4-5-15-23-18-8-6-16(2)7-9-18/h6-9,17H,3-5,10-15H2,1-2H3. The molecule has 1 aromatic carbocycles. The molecular weight excluding hydrogens is 290 g/mol. The maximum atomic E-state index is 11.7. The highest BCUT2D eigenvalue weighted by atomic mass is 16.5. The second kappa shape index (κ2) is 9.56. The number of aryl methyl sites for hydroxylation is 1. The Morgan fingerprint density at radius 2 is 1.87 bits per heavy atom. The van der Waals surface area contributed by atoms with Crippen molar-refractivity contribution >= 4 is 5.97 Å². The normalized spacial score (nSPS) is 16.3. The first-order valence-corrected chi connectivity index (χ1v) is 8.77. The van der Waals surface area contributed by atoms with E-state index in [1.54, 1.807) is 0 Å². The predicted molar refractivity (Wildman–Crippen MR) is 91.7 cm³/mol. The first-order chi connectivity index (χ1) is 11.2. The molecule has 1 aliphatic rings. The lowest BCUT2D eigenvalue weighted by Gasteiger charge is -2.30. The first kappa shape index (κ1) is 17.8. The van der Waals surface area contributed by atoms with Gasteiger partial charge in [-0.1, -0.05) is 17.7 Å². The smallest absolute Gasteiger partial charge is 0.309 e. The molecule has 0 atom stereocenters. The molecule has 0 radical (unpaired) electrons. The molecule has 4 heteroatoms. The summed E-state index contributed by atoms with van der Waals surface area (Å²) in [6.45, 7) is 8.29. The van der Waals surface area contributed by atoms with E-state index in [1.807, 2.05) is 19.1 Å². The zero-order valence-electron chi connectivity index (χ0n) is 14.4. The topological polar surface area (TPSA) is 38.8 Å². The molecule has 23 heavy (non-hydrogen) atoms. The predicted octanol–water partition coefficient (Wildman–Crippen LogP) is 3.43. The molecule has 1 saturated heterocycles. The van der Waals surface area contributed by atoms with Crippen LogP contribution >= 0.6 is 0 Å². The van der Waals surface area contributed by atoms with E-state index in [2.05, 4.69) is 24.0 Å². The zero-order valence-corrected chi connectivity index (χ0v) is 14.4. The molecule has 0 unspecified atom stereocenters. The van der Waals surface area contributed by atoms with E-state index >= 15 is 0 Å². The van der Waals surface area contributed by atoms with Gasteiger partial charge in [0, 0.05) is 0 Å². The number of hydrogen-bond donors (Lipinski definition) is 0. The van der Waals surface area contributed by atoms with Crippen LogP contribution in [0.5, 0.6) is 5.75 Å². The summed E-state index contributed by atoms with van der Waals surface area (Å²) in [6.07, 6.45) is 4.05. The fraction of sp³-hybridized carbons (Fsp3) is 0.632. The number of hydrogen-bond acceptors (Lipinski definition) is 4. The molecule has 1 heterocycles.